The minimum atomic E-state index is -1.58. The van der Waals surface area contributed by atoms with E-state index in [0.29, 0.717) is 5.69 Å². The summed E-state index contributed by atoms with van der Waals surface area (Å²) in [5.74, 6) is -5.28. The zero-order valence-corrected chi connectivity index (χ0v) is 12.4. The fourth-order valence-electron chi connectivity index (χ4n) is 1.77. The first-order chi connectivity index (χ1) is 10.9. The Balaban J connectivity index is 1.87. The molecule has 0 saturated carbocycles. The molecule has 0 bridgehead atoms. The summed E-state index contributed by atoms with van der Waals surface area (Å²) >= 11 is 5.58. The van der Waals surface area contributed by atoms with Gasteiger partial charge in [-0.15, -0.1) is 0 Å². The van der Waals surface area contributed by atoms with Gasteiger partial charge in [0.05, 0.1) is 10.7 Å². The fourth-order valence-corrected chi connectivity index (χ4v) is 1.95. The van der Waals surface area contributed by atoms with Gasteiger partial charge >= 0.3 is 0 Å². The topological polar surface area (TPSA) is 41.1 Å². The summed E-state index contributed by atoms with van der Waals surface area (Å²) < 4.78 is 52.2. The van der Waals surface area contributed by atoms with Gasteiger partial charge in [0, 0.05) is 18.7 Å². The van der Waals surface area contributed by atoms with Crippen molar-refractivity contribution >= 4 is 28.9 Å². The van der Waals surface area contributed by atoms with Crippen molar-refractivity contribution in [3.63, 3.8) is 0 Å². The molecule has 0 radical (unpaired) electrons. The summed E-state index contributed by atoms with van der Waals surface area (Å²) in [4.78, 5) is 11.7. The van der Waals surface area contributed by atoms with E-state index in [-0.39, 0.29) is 23.7 Å². The van der Waals surface area contributed by atoms with Gasteiger partial charge in [0.25, 0.3) is 0 Å². The molecule has 0 fully saturated rings. The number of anilines is 2. The van der Waals surface area contributed by atoms with Crippen LogP contribution in [-0.4, -0.2) is 12.5 Å². The molecule has 122 valence electrons. The first-order valence-electron chi connectivity index (χ1n) is 6.50. The Hall–Kier alpha value is -2.28. The summed E-state index contributed by atoms with van der Waals surface area (Å²) in [5.41, 5.74) is 0.0573. The predicted molar refractivity (Wildman–Crippen MR) is 79.5 cm³/mol. The molecule has 8 heteroatoms. The summed E-state index contributed by atoms with van der Waals surface area (Å²) in [6, 6.07) is 5.50. The van der Waals surface area contributed by atoms with Crippen molar-refractivity contribution in [1.82, 2.24) is 0 Å². The van der Waals surface area contributed by atoms with E-state index in [1.165, 1.54) is 12.1 Å². The molecule has 2 rings (SSSR count). The molecule has 2 aromatic rings. The molecule has 0 unspecified atom stereocenters. The maximum atomic E-state index is 13.4. The molecular weight excluding hydrogens is 336 g/mol. The second-order valence-corrected chi connectivity index (χ2v) is 4.98. The van der Waals surface area contributed by atoms with Gasteiger partial charge in [-0.1, -0.05) is 11.6 Å². The van der Waals surface area contributed by atoms with E-state index in [1.807, 2.05) is 0 Å². The molecular formula is C15H11ClF4N2O. The van der Waals surface area contributed by atoms with Crippen molar-refractivity contribution < 1.29 is 22.4 Å². The molecule has 1 amide bonds. The second-order valence-electron chi connectivity index (χ2n) is 4.58. The number of carbonyl (C=O) groups is 1. The van der Waals surface area contributed by atoms with Crippen LogP contribution in [0.2, 0.25) is 5.02 Å². The molecule has 23 heavy (non-hydrogen) atoms. The molecule has 0 aromatic heterocycles. The highest BCUT2D eigenvalue weighted by Crippen LogP contribution is 2.20. The van der Waals surface area contributed by atoms with E-state index < -0.39 is 29.2 Å². The van der Waals surface area contributed by atoms with Gasteiger partial charge in [0.2, 0.25) is 5.91 Å². The average molecular weight is 347 g/mol. The zero-order valence-electron chi connectivity index (χ0n) is 11.6. The van der Waals surface area contributed by atoms with Crippen molar-refractivity contribution in [2.24, 2.45) is 0 Å². The number of hydrogen-bond acceptors (Lipinski definition) is 2. The van der Waals surface area contributed by atoms with Crippen LogP contribution in [0.4, 0.5) is 28.9 Å². The highest BCUT2D eigenvalue weighted by molar-refractivity contribution is 6.31. The van der Waals surface area contributed by atoms with Gasteiger partial charge in [0.1, 0.15) is 5.82 Å². The van der Waals surface area contributed by atoms with Gasteiger partial charge in [-0.25, -0.2) is 17.6 Å². The smallest absolute Gasteiger partial charge is 0.226 e. The van der Waals surface area contributed by atoms with Crippen LogP contribution in [0.25, 0.3) is 0 Å². The predicted octanol–water partition coefficient (Wildman–Crippen LogP) is 4.34. The highest BCUT2D eigenvalue weighted by Gasteiger charge is 2.13. The van der Waals surface area contributed by atoms with Crippen LogP contribution < -0.4 is 10.6 Å². The third kappa shape index (κ3) is 4.35. The lowest BCUT2D eigenvalue weighted by molar-refractivity contribution is -0.115. The van der Waals surface area contributed by atoms with Crippen molar-refractivity contribution in [2.45, 2.75) is 6.42 Å². The maximum Gasteiger partial charge on any atom is 0.226 e. The molecule has 0 heterocycles. The molecule has 3 nitrogen and oxygen atoms in total. The van der Waals surface area contributed by atoms with Crippen molar-refractivity contribution in [3.05, 3.63) is 58.6 Å². The van der Waals surface area contributed by atoms with E-state index in [4.69, 9.17) is 11.6 Å². The van der Waals surface area contributed by atoms with Gasteiger partial charge in [0.15, 0.2) is 17.5 Å². The molecule has 0 aliphatic rings. The number of halogens is 5. The van der Waals surface area contributed by atoms with Crippen LogP contribution in [0.3, 0.4) is 0 Å². The monoisotopic (exact) mass is 346 g/mol. The Morgan fingerprint density at radius 3 is 2.39 bits per heavy atom. The van der Waals surface area contributed by atoms with E-state index in [1.54, 1.807) is 0 Å². The minimum absolute atomic E-state index is 0.0112. The third-order valence-corrected chi connectivity index (χ3v) is 3.20. The summed E-state index contributed by atoms with van der Waals surface area (Å²) in [7, 11) is 0. The van der Waals surface area contributed by atoms with Crippen LogP contribution >= 0.6 is 11.6 Å². The average Bonchev–Trinajstić information content (AvgIpc) is 2.51. The summed E-state index contributed by atoms with van der Waals surface area (Å²) in [6.45, 7) is -0.0112. The highest BCUT2D eigenvalue weighted by atomic mass is 35.5. The van der Waals surface area contributed by atoms with E-state index in [9.17, 15) is 22.4 Å². The third-order valence-electron chi connectivity index (χ3n) is 2.91. The summed E-state index contributed by atoms with van der Waals surface area (Å²) in [5, 5.41) is 4.83. The summed E-state index contributed by atoms with van der Waals surface area (Å²) in [6.07, 6.45) is -0.0760. The standard InChI is InChI=1S/C15H11ClF4N2O/c16-9-7-8(1-2-10(9)17)22-13(23)5-6-21-12-4-3-11(18)14(19)15(12)20/h1-4,7,21H,5-6H2,(H,22,23). The van der Waals surface area contributed by atoms with E-state index in [2.05, 4.69) is 10.6 Å². The molecule has 0 spiro atoms. The van der Waals surface area contributed by atoms with Crippen LogP contribution in [0.15, 0.2) is 30.3 Å². The van der Waals surface area contributed by atoms with E-state index >= 15 is 0 Å². The van der Waals surface area contributed by atoms with Crippen LogP contribution in [0.5, 0.6) is 0 Å². The number of carbonyl (C=O) groups excluding carboxylic acids is 1. The molecule has 0 saturated heterocycles. The van der Waals surface area contributed by atoms with Crippen LogP contribution in [0, 0.1) is 23.3 Å². The lowest BCUT2D eigenvalue weighted by Crippen LogP contribution is -2.17. The van der Waals surface area contributed by atoms with Gasteiger partial charge in [-0.2, -0.15) is 0 Å². The number of hydrogen-bond donors (Lipinski definition) is 2. The minimum Gasteiger partial charge on any atom is -0.382 e. The Morgan fingerprint density at radius 2 is 1.70 bits per heavy atom. The Morgan fingerprint density at radius 1 is 1.00 bits per heavy atom. The Labute approximate surface area is 134 Å². The molecule has 0 aliphatic carbocycles. The Bertz CT molecular complexity index is 740. The number of nitrogens with one attached hydrogen (secondary N) is 2. The number of benzene rings is 2. The van der Waals surface area contributed by atoms with Crippen molar-refractivity contribution in [2.75, 3.05) is 17.2 Å². The van der Waals surface area contributed by atoms with Crippen molar-refractivity contribution in [3.8, 4) is 0 Å². The first-order valence-corrected chi connectivity index (χ1v) is 6.88. The van der Waals surface area contributed by atoms with Gasteiger partial charge in [-0.3, -0.25) is 4.79 Å². The van der Waals surface area contributed by atoms with Crippen LogP contribution in [0.1, 0.15) is 6.42 Å². The van der Waals surface area contributed by atoms with E-state index in [0.717, 1.165) is 18.2 Å². The Kier molecular flexibility index (Phi) is 5.44. The second kappa shape index (κ2) is 7.32. The SMILES string of the molecule is O=C(CCNc1ccc(F)c(F)c1F)Nc1ccc(F)c(Cl)c1. The molecule has 2 aromatic carbocycles. The lowest BCUT2D eigenvalue weighted by Gasteiger charge is -2.09. The normalized spacial score (nSPS) is 10.5. The first kappa shape index (κ1) is 17.1. The quantitative estimate of drug-likeness (QED) is 0.624. The largest absolute Gasteiger partial charge is 0.382 e. The van der Waals surface area contributed by atoms with Gasteiger partial charge in [-0.05, 0) is 30.3 Å². The fraction of sp³-hybridized carbons (Fsp3) is 0.133. The molecule has 0 aliphatic heterocycles. The number of amides is 1. The maximum absolute atomic E-state index is 13.4. The van der Waals surface area contributed by atoms with Crippen LogP contribution in [-0.2, 0) is 4.79 Å². The lowest BCUT2D eigenvalue weighted by atomic mass is 10.2. The molecule has 0 atom stereocenters. The van der Waals surface area contributed by atoms with Crippen molar-refractivity contribution in [1.29, 1.82) is 0 Å². The van der Waals surface area contributed by atoms with Gasteiger partial charge < -0.3 is 10.6 Å². The molecule has 2 N–H and O–H groups in total. The zero-order chi connectivity index (χ0) is 17.0. The number of rotatable bonds is 5.